The van der Waals surface area contributed by atoms with Gasteiger partial charge in [-0.15, -0.1) is 35.8 Å². The zero-order valence-corrected chi connectivity index (χ0v) is 41.5. The van der Waals surface area contributed by atoms with Crippen LogP contribution < -0.4 is 30.9 Å². The van der Waals surface area contributed by atoms with E-state index in [0.717, 1.165) is 32.5 Å². The van der Waals surface area contributed by atoms with Gasteiger partial charge >= 0.3 is 6.36 Å². The van der Waals surface area contributed by atoms with Crippen molar-refractivity contribution >= 4 is 99.4 Å². The van der Waals surface area contributed by atoms with E-state index in [9.17, 15) is 21.9 Å². The zero-order chi connectivity index (χ0) is 64.1. The second-order valence-corrected chi connectivity index (χ2v) is 23.9. The van der Waals surface area contributed by atoms with Gasteiger partial charge in [-0.05, 0) is 113 Å². The summed E-state index contributed by atoms with van der Waals surface area (Å²) in [6.07, 6.45) is -5.65. The largest absolute Gasteiger partial charge is 0.573 e. The fourth-order valence-corrected chi connectivity index (χ4v) is 12.3. The van der Waals surface area contributed by atoms with Crippen molar-refractivity contribution in [2.75, 3.05) is 9.80 Å². The Morgan fingerprint density at radius 3 is 1.65 bits per heavy atom. The highest BCUT2D eigenvalue weighted by atomic mass is 32.1. The number of nitrogens with zero attached hydrogens (tertiary/aromatic N) is 2. The van der Waals surface area contributed by atoms with Gasteiger partial charge in [0.25, 0.3) is 6.71 Å². The first-order chi connectivity index (χ1) is 39.3. The van der Waals surface area contributed by atoms with E-state index in [-0.39, 0.29) is 88.0 Å². The topological polar surface area (TPSA) is 15.7 Å². The van der Waals surface area contributed by atoms with E-state index in [1.54, 1.807) is 69.2 Å². The Morgan fingerprint density at radius 2 is 1.09 bits per heavy atom. The SMILES string of the molecule is [2H]c1c([2H])c([2H])c2c(c1[2H])C(C)(C)c1sc3c([2H])c4c(c([2H])c3c1C2(C)C)B1c2c(c([2H])c(OC(F)(F)F)c([2H])c2N4c2c([2H])c([2H])c(C(C)(C)C)c([2H])c2[2H])N(c2c([2H])c([2H])c(C(C)(C)C)c([2H])c2[2H])c2sc3c([2H])c(C(C)(C)C)cc([2H])c3c21. The van der Waals surface area contributed by atoms with Crippen molar-refractivity contribution in [2.24, 2.45) is 0 Å². The molecule has 0 amide bonds. The number of hydrogen-bond donors (Lipinski definition) is 0. The lowest BCUT2D eigenvalue weighted by molar-refractivity contribution is -0.274. The van der Waals surface area contributed by atoms with Crippen molar-refractivity contribution in [2.45, 2.75) is 123 Å². The van der Waals surface area contributed by atoms with Gasteiger partial charge in [-0.2, -0.15) is 0 Å². The van der Waals surface area contributed by atoms with Gasteiger partial charge in [0, 0.05) is 65.6 Å². The molecule has 0 radical (unpaired) electrons. The first kappa shape index (κ1) is 28.9. The summed E-state index contributed by atoms with van der Waals surface area (Å²) in [5.41, 5.74) is -8.09. The van der Waals surface area contributed by atoms with Gasteiger partial charge in [0.15, 0.2) is 0 Å². The average Bonchev–Trinajstić information content (AvgIpc) is 1.25. The summed E-state index contributed by atoms with van der Waals surface area (Å²) in [5, 5.41) is -0.0180. The van der Waals surface area contributed by atoms with E-state index < -0.39 is 159 Å². The van der Waals surface area contributed by atoms with Crippen LogP contribution in [0.1, 0.15) is 153 Å². The predicted molar refractivity (Wildman–Crippen MR) is 285 cm³/mol. The highest BCUT2D eigenvalue weighted by Gasteiger charge is 2.49. The van der Waals surface area contributed by atoms with E-state index in [1.807, 2.05) is 20.8 Å². The summed E-state index contributed by atoms with van der Waals surface area (Å²) in [4.78, 5) is 2.45. The number of thiophene rings is 2. The fraction of sp³-hybridized carbons (Fsp3) is 0.322. The van der Waals surface area contributed by atoms with Gasteiger partial charge in [0.1, 0.15) is 5.75 Å². The van der Waals surface area contributed by atoms with Crippen LogP contribution in [-0.2, 0) is 27.1 Å². The van der Waals surface area contributed by atoms with Crippen LogP contribution in [-0.4, -0.2) is 13.1 Å². The molecule has 68 heavy (non-hydrogen) atoms. The quantitative estimate of drug-likeness (QED) is 0.164. The van der Waals surface area contributed by atoms with E-state index in [0.29, 0.717) is 16.0 Å². The molecule has 0 bridgehead atoms. The van der Waals surface area contributed by atoms with Crippen molar-refractivity contribution < 1.29 is 42.6 Å². The third-order valence-electron chi connectivity index (χ3n) is 13.2. The van der Waals surface area contributed by atoms with Gasteiger partial charge in [0.2, 0.25) is 0 Å². The Hall–Kier alpha value is -5.51. The molecule has 1 aliphatic carbocycles. The molecule has 0 fully saturated rings. The molecule has 3 nitrogen and oxygen atoms in total. The van der Waals surface area contributed by atoms with Crippen molar-refractivity contribution in [3.8, 4) is 5.75 Å². The summed E-state index contributed by atoms with van der Waals surface area (Å²) in [5.74, 6) is -1.49. The zero-order valence-electron chi connectivity index (χ0n) is 57.9. The summed E-state index contributed by atoms with van der Waals surface area (Å²) in [7, 11) is 0. The molecule has 0 spiro atoms. The number of benzene rings is 6. The monoisotopic (exact) mass is 961 g/mol. The van der Waals surface area contributed by atoms with E-state index in [1.165, 1.54) is 6.07 Å². The molecule has 9 heteroatoms. The normalized spacial score (nSPS) is 19.8. The van der Waals surface area contributed by atoms with Gasteiger partial charge in [0.05, 0.1) is 29.7 Å². The van der Waals surface area contributed by atoms with Gasteiger partial charge in [-0.3, -0.25) is 0 Å². The number of rotatable bonds is 3. The maximum atomic E-state index is 15.3. The molecule has 8 aromatic rings. The van der Waals surface area contributed by atoms with Gasteiger partial charge in [-0.25, -0.2) is 0 Å². The summed E-state index contributed by atoms with van der Waals surface area (Å²) in [6, 6.07) is -9.10. The molecule has 0 N–H and O–H groups in total. The minimum absolute atomic E-state index is 0.00306. The van der Waals surface area contributed by atoms with Crippen molar-refractivity contribution in [1.82, 2.24) is 0 Å². The lowest BCUT2D eigenvalue weighted by Gasteiger charge is -2.44. The average molecular weight is 961 g/mol. The Kier molecular flexibility index (Phi) is 6.16. The molecule has 3 aliphatic rings. The minimum Gasteiger partial charge on any atom is -0.406 e. The lowest BCUT2D eigenvalue weighted by atomic mass is 9.33. The third-order valence-corrected chi connectivity index (χ3v) is 15.8. The highest BCUT2D eigenvalue weighted by molar-refractivity contribution is 7.26. The molecule has 4 heterocycles. The highest BCUT2D eigenvalue weighted by Crippen LogP contribution is 2.57. The molecular formula is C59H58BF3N2OS2. The molecule has 2 aliphatic heterocycles. The Bertz CT molecular complexity index is 4400. The van der Waals surface area contributed by atoms with E-state index >= 15 is 13.2 Å². The number of halogens is 3. The predicted octanol–water partition coefficient (Wildman–Crippen LogP) is 16.0. The molecule has 2 aromatic heterocycles. The van der Waals surface area contributed by atoms with Gasteiger partial charge in [-0.1, -0.05) is 156 Å². The maximum absolute atomic E-state index is 15.3. The van der Waals surface area contributed by atoms with Crippen LogP contribution in [0.3, 0.4) is 0 Å². The Balaban J connectivity index is 1.46. The van der Waals surface area contributed by atoms with Crippen LogP contribution >= 0.6 is 22.7 Å². The maximum Gasteiger partial charge on any atom is 0.573 e. The molecule has 346 valence electrons. The summed E-state index contributed by atoms with van der Waals surface area (Å²) >= 11 is 1.83. The first-order valence-corrected chi connectivity index (χ1v) is 24.0. The second-order valence-electron chi connectivity index (χ2n) is 21.9. The summed E-state index contributed by atoms with van der Waals surface area (Å²) < 4.78 is 226. The molecule has 0 saturated heterocycles. The van der Waals surface area contributed by atoms with Crippen molar-refractivity contribution in [3.63, 3.8) is 0 Å². The fourth-order valence-electron chi connectivity index (χ4n) is 9.68. The number of anilines is 6. The number of alkyl halides is 3. The minimum atomic E-state index is -5.65. The molecule has 0 unspecified atom stereocenters. The number of fused-ring (bicyclic) bond motifs is 10. The summed E-state index contributed by atoms with van der Waals surface area (Å²) in [6.45, 7) is 20.7. The van der Waals surface area contributed by atoms with Crippen LogP contribution in [0.2, 0.25) is 0 Å². The smallest absolute Gasteiger partial charge is 0.406 e. The lowest BCUT2D eigenvalue weighted by Crippen LogP contribution is -2.61. The van der Waals surface area contributed by atoms with Crippen molar-refractivity contribution in [3.05, 3.63) is 153 Å². The van der Waals surface area contributed by atoms with Crippen LogP contribution in [0, 0.1) is 0 Å². The number of hydrogen-bond acceptors (Lipinski definition) is 5. The van der Waals surface area contributed by atoms with Crippen LogP contribution in [0.15, 0.2) is 115 Å². The van der Waals surface area contributed by atoms with Crippen LogP contribution in [0.5, 0.6) is 5.75 Å². The van der Waals surface area contributed by atoms with E-state index in [2.05, 4.69) is 0 Å². The number of ether oxygens (including phenoxy) is 1. The Morgan fingerprint density at radius 1 is 0.559 bits per heavy atom. The molecule has 6 aromatic carbocycles. The second kappa shape index (κ2) is 14.5. The first-order valence-electron chi connectivity index (χ1n) is 31.3. The van der Waals surface area contributed by atoms with Gasteiger partial charge < -0.3 is 14.5 Å². The van der Waals surface area contributed by atoms with E-state index in [4.69, 9.17) is 7.48 Å². The van der Waals surface area contributed by atoms with Crippen molar-refractivity contribution in [1.29, 1.82) is 0 Å². The third kappa shape index (κ3) is 6.80. The standard InChI is InChI=1S/C59H58BF3N2OS2/c1-54(2,3)33-18-23-36(24-19-33)64-44-32-48-40(49-52(67-48)58(12,13)42-17-15-14-16-41(42)57(49,10)11)31-43(44)60-50-39-27-22-35(56(7,8)9)28-47(39)68-53(50)65(37-25-20-34(21-26-37)55(4,5)6)46-30-38(66-59(61,62)63)29-45(64)51(46)60/h14-32H,1-13H3/i14D,15D,16D,17D,18D,19D,20D,21D,23D,24D,25D,26D,27D,28D,29D,30D,31D,32D. The molecule has 11 rings (SSSR count). The Labute approximate surface area is 433 Å². The van der Waals surface area contributed by atoms with Crippen LogP contribution in [0.4, 0.5) is 46.6 Å². The molecule has 0 saturated carbocycles. The van der Waals surface area contributed by atoms with Crippen LogP contribution in [0.25, 0.3) is 20.2 Å². The molecule has 0 atom stereocenters. The molecular weight excluding hydrogens is 885 g/mol.